The fourth-order valence-electron chi connectivity index (χ4n) is 4.83. The van der Waals surface area contributed by atoms with Gasteiger partial charge in [0.25, 0.3) is 5.91 Å². The number of nitrogens with zero attached hydrogens (tertiary/aromatic N) is 6. The summed E-state index contributed by atoms with van der Waals surface area (Å²) in [5.74, 6) is 1.47. The van der Waals surface area contributed by atoms with Crippen LogP contribution >= 0.6 is 0 Å². The molecule has 9 heteroatoms. The van der Waals surface area contributed by atoms with Gasteiger partial charge in [-0.3, -0.25) is 19.4 Å². The molecule has 36 heavy (non-hydrogen) atoms. The van der Waals surface area contributed by atoms with Crippen LogP contribution in [0.1, 0.15) is 55.4 Å². The molecule has 0 bridgehead atoms. The third kappa shape index (κ3) is 5.51. The molecule has 9 nitrogen and oxygen atoms in total. The number of likely N-dealkylation sites (N-methyl/N-ethyl adjacent to an activating group) is 1. The molecule has 1 unspecified atom stereocenters. The molecule has 0 saturated carbocycles. The zero-order chi connectivity index (χ0) is 25.3. The lowest BCUT2D eigenvalue weighted by Gasteiger charge is -2.34. The monoisotopic (exact) mass is 488 g/mol. The van der Waals surface area contributed by atoms with Gasteiger partial charge < -0.3 is 15.5 Å². The van der Waals surface area contributed by atoms with Crippen LogP contribution in [0.15, 0.2) is 42.7 Å². The molecule has 1 fully saturated rings. The Morgan fingerprint density at radius 1 is 1.06 bits per heavy atom. The van der Waals surface area contributed by atoms with Crippen LogP contribution in [0.2, 0.25) is 0 Å². The van der Waals surface area contributed by atoms with Gasteiger partial charge in [0.15, 0.2) is 5.82 Å². The van der Waals surface area contributed by atoms with Crippen molar-refractivity contribution < 1.29 is 4.79 Å². The number of hydrogen-bond acceptors (Lipinski definition) is 7. The van der Waals surface area contributed by atoms with Crippen molar-refractivity contribution in [1.29, 1.82) is 0 Å². The molecule has 2 aliphatic rings. The highest BCUT2D eigenvalue weighted by atomic mass is 16.1. The number of carbonyl (C=O) groups excluding carboxylic acids is 1. The second-order valence-electron chi connectivity index (χ2n) is 10.9. The second-order valence-corrected chi connectivity index (χ2v) is 10.9. The second kappa shape index (κ2) is 9.89. The number of aromatic nitrogens is 4. The lowest BCUT2D eigenvalue weighted by atomic mass is 9.88. The first-order valence-electron chi connectivity index (χ1n) is 12.8. The Kier molecular flexibility index (Phi) is 6.66. The van der Waals surface area contributed by atoms with Crippen LogP contribution in [-0.4, -0.2) is 63.3 Å². The van der Waals surface area contributed by atoms with Crippen LogP contribution in [0.4, 0.5) is 17.3 Å². The van der Waals surface area contributed by atoms with Gasteiger partial charge in [0.1, 0.15) is 11.5 Å². The molecule has 0 radical (unpaired) electrons. The zero-order valence-corrected chi connectivity index (χ0v) is 21.7. The van der Waals surface area contributed by atoms with Crippen molar-refractivity contribution in [3.05, 3.63) is 59.7 Å². The summed E-state index contributed by atoms with van der Waals surface area (Å²) in [7, 11) is 2.13. The molecule has 5 heterocycles. The highest BCUT2D eigenvalue weighted by molar-refractivity contribution is 5.92. The molecular weight excluding hydrogens is 452 g/mol. The number of hydrogen-bond donors (Lipinski definition) is 2. The maximum absolute atomic E-state index is 12.9. The molecule has 190 valence electrons. The maximum Gasteiger partial charge on any atom is 0.270 e. The van der Waals surface area contributed by atoms with Gasteiger partial charge in [-0.25, -0.2) is 4.98 Å². The summed E-state index contributed by atoms with van der Waals surface area (Å²) in [6, 6.07) is 10.1. The van der Waals surface area contributed by atoms with Gasteiger partial charge in [-0.2, -0.15) is 5.10 Å². The van der Waals surface area contributed by atoms with Crippen LogP contribution in [0.5, 0.6) is 0 Å². The van der Waals surface area contributed by atoms with Crippen molar-refractivity contribution >= 4 is 23.2 Å². The average Bonchev–Trinajstić information content (AvgIpc) is 3.25. The van der Waals surface area contributed by atoms with E-state index in [9.17, 15) is 4.79 Å². The Hall–Kier alpha value is -3.46. The van der Waals surface area contributed by atoms with Crippen LogP contribution in [0.25, 0.3) is 0 Å². The number of carbonyl (C=O) groups is 1. The number of fused-ring (bicyclic) bond motifs is 1. The highest BCUT2D eigenvalue weighted by Gasteiger charge is 2.24. The summed E-state index contributed by atoms with van der Waals surface area (Å²) in [5.41, 5.74) is 3.89. The number of pyridine rings is 2. The van der Waals surface area contributed by atoms with Crippen molar-refractivity contribution in [2.45, 2.75) is 58.2 Å². The largest absolute Gasteiger partial charge is 0.369 e. The summed E-state index contributed by atoms with van der Waals surface area (Å²) in [4.78, 5) is 26.4. The van der Waals surface area contributed by atoms with E-state index in [0.717, 1.165) is 68.5 Å². The first kappa shape index (κ1) is 24.2. The van der Waals surface area contributed by atoms with Gasteiger partial charge in [-0.05, 0) is 43.0 Å². The minimum Gasteiger partial charge on any atom is -0.369 e. The van der Waals surface area contributed by atoms with Gasteiger partial charge >= 0.3 is 0 Å². The van der Waals surface area contributed by atoms with Crippen molar-refractivity contribution in [3.8, 4) is 0 Å². The molecule has 3 aromatic rings. The molecule has 0 spiro atoms. The molecule has 2 aliphatic heterocycles. The number of anilines is 3. The van der Waals surface area contributed by atoms with Crippen molar-refractivity contribution in [2.24, 2.45) is 0 Å². The smallest absolute Gasteiger partial charge is 0.270 e. The van der Waals surface area contributed by atoms with E-state index in [2.05, 4.69) is 80.1 Å². The third-order valence-corrected chi connectivity index (χ3v) is 6.97. The van der Waals surface area contributed by atoms with Gasteiger partial charge in [-0.1, -0.05) is 26.8 Å². The standard InChI is InChI=1S/C27H36N8O/c1-27(2,3)19-7-8-23(29-16-19)26(36)30-20-6-5-11-34(17-20)21-9-10-28-24(14-21)31-25-15-22-18-33(4)12-13-35(22)32-25/h7-10,14-16,20H,5-6,11-13,17-18H2,1-4H3,(H,30,36)(H,28,31,32). The lowest BCUT2D eigenvalue weighted by Crippen LogP contribution is -2.48. The molecule has 0 aliphatic carbocycles. The maximum atomic E-state index is 12.9. The predicted octanol–water partition coefficient (Wildman–Crippen LogP) is 3.56. The van der Waals surface area contributed by atoms with Crippen LogP contribution < -0.4 is 15.5 Å². The van der Waals surface area contributed by atoms with Crippen LogP contribution in [0.3, 0.4) is 0 Å². The van der Waals surface area contributed by atoms with Crippen LogP contribution in [-0.2, 0) is 18.5 Å². The Balaban J connectivity index is 1.22. The van der Waals surface area contributed by atoms with E-state index < -0.39 is 0 Å². The van der Waals surface area contributed by atoms with E-state index in [-0.39, 0.29) is 17.4 Å². The molecule has 5 rings (SSSR count). The van der Waals surface area contributed by atoms with Crippen molar-refractivity contribution in [3.63, 3.8) is 0 Å². The fraction of sp³-hybridized carbons (Fsp3) is 0.481. The molecule has 1 amide bonds. The van der Waals surface area contributed by atoms with E-state index in [4.69, 9.17) is 0 Å². The predicted molar refractivity (Wildman–Crippen MR) is 142 cm³/mol. The molecule has 3 aromatic heterocycles. The zero-order valence-electron chi connectivity index (χ0n) is 21.7. The third-order valence-electron chi connectivity index (χ3n) is 6.97. The molecule has 2 N–H and O–H groups in total. The summed E-state index contributed by atoms with van der Waals surface area (Å²) >= 11 is 0. The van der Waals surface area contributed by atoms with E-state index >= 15 is 0 Å². The Labute approximate surface area is 212 Å². The van der Waals surface area contributed by atoms with E-state index in [0.29, 0.717) is 5.69 Å². The summed E-state index contributed by atoms with van der Waals surface area (Å²) in [6.45, 7) is 10.9. The summed E-state index contributed by atoms with van der Waals surface area (Å²) in [6.07, 6.45) is 5.59. The molecule has 0 aromatic carbocycles. The quantitative estimate of drug-likeness (QED) is 0.567. The van der Waals surface area contributed by atoms with Gasteiger partial charge in [0.2, 0.25) is 0 Å². The number of amides is 1. The number of nitrogens with one attached hydrogen (secondary N) is 2. The van der Waals surface area contributed by atoms with Gasteiger partial charge in [0.05, 0.1) is 12.2 Å². The first-order valence-corrected chi connectivity index (χ1v) is 12.8. The number of rotatable bonds is 5. The summed E-state index contributed by atoms with van der Waals surface area (Å²) < 4.78 is 2.07. The lowest BCUT2D eigenvalue weighted by molar-refractivity contribution is 0.0928. The Morgan fingerprint density at radius 2 is 1.92 bits per heavy atom. The normalized spacial score (nSPS) is 18.6. The average molecular weight is 489 g/mol. The molecule has 1 atom stereocenters. The van der Waals surface area contributed by atoms with E-state index in [1.807, 2.05) is 30.6 Å². The highest BCUT2D eigenvalue weighted by Crippen LogP contribution is 2.25. The van der Waals surface area contributed by atoms with Crippen molar-refractivity contribution in [2.75, 3.05) is 36.9 Å². The van der Waals surface area contributed by atoms with E-state index in [1.54, 1.807) is 0 Å². The Bertz CT molecular complexity index is 1210. The minimum absolute atomic E-state index is 0.0119. The van der Waals surface area contributed by atoms with Gasteiger partial charge in [-0.15, -0.1) is 0 Å². The van der Waals surface area contributed by atoms with Crippen LogP contribution in [0, 0.1) is 0 Å². The summed E-state index contributed by atoms with van der Waals surface area (Å²) in [5, 5.41) is 11.2. The SMILES string of the molecule is CN1CCn2nc(Nc3cc(N4CCCC(NC(=O)c5ccc(C(C)(C)C)cn5)C4)ccn3)cc2C1. The molecule has 1 saturated heterocycles. The first-order chi connectivity index (χ1) is 17.2. The Morgan fingerprint density at radius 3 is 2.69 bits per heavy atom. The fourth-order valence-corrected chi connectivity index (χ4v) is 4.83. The topological polar surface area (TPSA) is 91.2 Å². The number of piperidine rings is 1. The van der Waals surface area contributed by atoms with Crippen molar-refractivity contribution in [1.82, 2.24) is 30.0 Å². The van der Waals surface area contributed by atoms with E-state index in [1.165, 1.54) is 5.69 Å². The minimum atomic E-state index is -0.117. The molecular formula is C27H36N8O. The van der Waals surface area contributed by atoms with Gasteiger partial charge in [0, 0.05) is 62.4 Å².